The lowest BCUT2D eigenvalue weighted by molar-refractivity contribution is 0.164. The van der Waals surface area contributed by atoms with Gasteiger partial charge in [-0.2, -0.15) is 0 Å². The third kappa shape index (κ3) is 4.59. The molecule has 0 aliphatic heterocycles. The van der Waals surface area contributed by atoms with Crippen LogP contribution < -0.4 is 5.32 Å². The molecule has 0 atom stereocenters. The zero-order chi connectivity index (χ0) is 12.1. The molecule has 0 aromatic carbocycles. The summed E-state index contributed by atoms with van der Waals surface area (Å²) in [7, 11) is 2.32. The Balaban J connectivity index is 1.54. The largest absolute Gasteiger partial charge is 0.315 e. The Morgan fingerprint density at radius 1 is 1.00 bits per heavy atom. The van der Waals surface area contributed by atoms with Crippen LogP contribution in [-0.2, 0) is 0 Å². The standard InChI is InChI=1S/C15H30N2/c1-3-13-6-8-15(9-7-13)17(2)11-10-16-12-14-4-5-14/h13-16H,3-12H2,1-2H3. The highest BCUT2D eigenvalue weighted by molar-refractivity contribution is 4.79. The van der Waals surface area contributed by atoms with Gasteiger partial charge in [-0.15, -0.1) is 0 Å². The summed E-state index contributed by atoms with van der Waals surface area (Å²) in [5, 5.41) is 3.60. The molecular formula is C15H30N2. The van der Waals surface area contributed by atoms with E-state index in [-0.39, 0.29) is 0 Å². The van der Waals surface area contributed by atoms with Crippen molar-refractivity contribution in [1.82, 2.24) is 10.2 Å². The summed E-state index contributed by atoms with van der Waals surface area (Å²) >= 11 is 0. The number of likely N-dealkylation sites (N-methyl/N-ethyl adjacent to an activating group) is 1. The summed E-state index contributed by atoms with van der Waals surface area (Å²) in [6.45, 7) is 6.02. The molecule has 0 amide bonds. The van der Waals surface area contributed by atoms with E-state index in [0.29, 0.717) is 0 Å². The normalized spacial score (nSPS) is 29.8. The minimum Gasteiger partial charge on any atom is -0.315 e. The lowest BCUT2D eigenvalue weighted by Gasteiger charge is -2.34. The predicted octanol–water partition coefficient (Wildman–Crippen LogP) is 2.89. The molecule has 2 heteroatoms. The van der Waals surface area contributed by atoms with Gasteiger partial charge in [0.2, 0.25) is 0 Å². The number of hydrogen-bond acceptors (Lipinski definition) is 2. The van der Waals surface area contributed by atoms with Crippen molar-refractivity contribution < 1.29 is 0 Å². The third-order valence-electron chi connectivity index (χ3n) is 4.79. The van der Waals surface area contributed by atoms with Crippen LogP contribution >= 0.6 is 0 Å². The second kappa shape index (κ2) is 6.75. The van der Waals surface area contributed by atoms with Crippen molar-refractivity contribution in [3.63, 3.8) is 0 Å². The fourth-order valence-corrected chi connectivity index (χ4v) is 3.06. The lowest BCUT2D eigenvalue weighted by atomic mass is 9.84. The van der Waals surface area contributed by atoms with Gasteiger partial charge < -0.3 is 10.2 Å². The molecule has 2 nitrogen and oxygen atoms in total. The van der Waals surface area contributed by atoms with Crippen molar-refractivity contribution >= 4 is 0 Å². The van der Waals surface area contributed by atoms with Gasteiger partial charge >= 0.3 is 0 Å². The zero-order valence-electron chi connectivity index (χ0n) is 11.8. The lowest BCUT2D eigenvalue weighted by Crippen LogP contribution is -2.39. The minimum absolute atomic E-state index is 0.862. The highest BCUT2D eigenvalue weighted by Gasteiger charge is 2.23. The van der Waals surface area contributed by atoms with Gasteiger partial charge in [-0.05, 0) is 64.0 Å². The van der Waals surface area contributed by atoms with E-state index < -0.39 is 0 Å². The Kier molecular flexibility index (Phi) is 5.30. The number of hydrogen-bond donors (Lipinski definition) is 1. The highest BCUT2D eigenvalue weighted by Crippen LogP contribution is 2.29. The first-order chi connectivity index (χ1) is 8.29. The van der Waals surface area contributed by atoms with Crippen molar-refractivity contribution in [1.29, 1.82) is 0 Å². The molecule has 0 aromatic rings. The molecule has 2 saturated carbocycles. The summed E-state index contributed by atoms with van der Waals surface area (Å²) in [6, 6.07) is 0.862. The van der Waals surface area contributed by atoms with Crippen molar-refractivity contribution in [2.24, 2.45) is 11.8 Å². The van der Waals surface area contributed by atoms with E-state index in [4.69, 9.17) is 0 Å². The van der Waals surface area contributed by atoms with Crippen LogP contribution in [0.4, 0.5) is 0 Å². The maximum absolute atomic E-state index is 3.60. The topological polar surface area (TPSA) is 15.3 Å². The Bertz CT molecular complexity index is 205. The average molecular weight is 238 g/mol. The highest BCUT2D eigenvalue weighted by atomic mass is 15.1. The molecule has 0 spiro atoms. The zero-order valence-corrected chi connectivity index (χ0v) is 11.8. The van der Waals surface area contributed by atoms with Crippen LogP contribution in [0.1, 0.15) is 51.9 Å². The summed E-state index contributed by atoms with van der Waals surface area (Å²) < 4.78 is 0. The molecule has 0 unspecified atom stereocenters. The number of nitrogens with one attached hydrogen (secondary N) is 1. The van der Waals surface area contributed by atoms with E-state index in [1.165, 1.54) is 64.6 Å². The molecule has 0 bridgehead atoms. The summed E-state index contributed by atoms with van der Waals surface area (Å²) in [4.78, 5) is 2.59. The van der Waals surface area contributed by atoms with E-state index in [9.17, 15) is 0 Å². The molecule has 0 aromatic heterocycles. The first-order valence-electron chi connectivity index (χ1n) is 7.70. The molecule has 100 valence electrons. The van der Waals surface area contributed by atoms with E-state index in [1.807, 2.05) is 0 Å². The van der Waals surface area contributed by atoms with E-state index in [1.54, 1.807) is 0 Å². The molecule has 2 aliphatic rings. The van der Waals surface area contributed by atoms with Crippen molar-refractivity contribution in [3.05, 3.63) is 0 Å². The van der Waals surface area contributed by atoms with Crippen LogP contribution in [-0.4, -0.2) is 37.6 Å². The van der Waals surface area contributed by atoms with Gasteiger partial charge in [0.25, 0.3) is 0 Å². The maximum Gasteiger partial charge on any atom is 0.0107 e. The molecule has 2 aliphatic carbocycles. The molecule has 0 radical (unpaired) electrons. The summed E-state index contributed by atoms with van der Waals surface area (Å²) in [5.74, 6) is 2.04. The van der Waals surface area contributed by atoms with Crippen LogP contribution in [0.25, 0.3) is 0 Å². The third-order valence-corrected chi connectivity index (χ3v) is 4.79. The maximum atomic E-state index is 3.60. The van der Waals surface area contributed by atoms with Gasteiger partial charge in [-0.25, -0.2) is 0 Å². The van der Waals surface area contributed by atoms with Crippen molar-refractivity contribution in [2.75, 3.05) is 26.7 Å². The molecule has 17 heavy (non-hydrogen) atoms. The molecule has 0 heterocycles. The Morgan fingerprint density at radius 3 is 2.24 bits per heavy atom. The van der Waals surface area contributed by atoms with Crippen LogP contribution in [0, 0.1) is 11.8 Å². The molecule has 1 N–H and O–H groups in total. The van der Waals surface area contributed by atoms with E-state index in [2.05, 4.69) is 24.2 Å². The molecule has 0 saturated heterocycles. The predicted molar refractivity (Wildman–Crippen MR) is 74.3 cm³/mol. The van der Waals surface area contributed by atoms with Gasteiger partial charge in [0.15, 0.2) is 0 Å². The van der Waals surface area contributed by atoms with Gasteiger partial charge in [0.1, 0.15) is 0 Å². The molecule has 2 fully saturated rings. The monoisotopic (exact) mass is 238 g/mol. The van der Waals surface area contributed by atoms with Crippen LogP contribution in [0.2, 0.25) is 0 Å². The average Bonchev–Trinajstić information content (AvgIpc) is 3.18. The summed E-state index contributed by atoms with van der Waals surface area (Å²) in [5.41, 5.74) is 0. The Labute approximate surface area is 107 Å². The van der Waals surface area contributed by atoms with Gasteiger partial charge in [-0.3, -0.25) is 0 Å². The first kappa shape index (κ1) is 13.4. The van der Waals surface area contributed by atoms with Crippen LogP contribution in [0.3, 0.4) is 0 Å². The SMILES string of the molecule is CCC1CCC(N(C)CCNCC2CC2)CC1. The van der Waals surface area contributed by atoms with Crippen molar-refractivity contribution in [3.8, 4) is 0 Å². The number of rotatable bonds is 7. The smallest absolute Gasteiger partial charge is 0.0107 e. The van der Waals surface area contributed by atoms with Gasteiger partial charge in [0, 0.05) is 19.1 Å². The van der Waals surface area contributed by atoms with Gasteiger partial charge in [0.05, 0.1) is 0 Å². The Morgan fingerprint density at radius 2 is 1.65 bits per heavy atom. The second-order valence-corrected chi connectivity index (χ2v) is 6.21. The Hall–Kier alpha value is -0.0800. The van der Waals surface area contributed by atoms with Crippen LogP contribution in [0.15, 0.2) is 0 Å². The number of nitrogens with zero attached hydrogens (tertiary/aromatic N) is 1. The molecule has 2 rings (SSSR count). The van der Waals surface area contributed by atoms with Gasteiger partial charge in [-0.1, -0.05) is 13.3 Å². The first-order valence-corrected chi connectivity index (χ1v) is 7.70. The molecular weight excluding hydrogens is 208 g/mol. The fraction of sp³-hybridized carbons (Fsp3) is 1.00. The minimum atomic E-state index is 0.862. The fourth-order valence-electron chi connectivity index (χ4n) is 3.06. The van der Waals surface area contributed by atoms with Crippen LogP contribution in [0.5, 0.6) is 0 Å². The summed E-state index contributed by atoms with van der Waals surface area (Å²) in [6.07, 6.45) is 10.1. The van der Waals surface area contributed by atoms with E-state index in [0.717, 1.165) is 17.9 Å². The quantitative estimate of drug-likeness (QED) is 0.686. The van der Waals surface area contributed by atoms with E-state index >= 15 is 0 Å². The second-order valence-electron chi connectivity index (χ2n) is 6.21. The van der Waals surface area contributed by atoms with Crippen molar-refractivity contribution in [2.45, 2.75) is 57.9 Å².